The summed E-state index contributed by atoms with van der Waals surface area (Å²) in [6, 6.07) is 12.4. The summed E-state index contributed by atoms with van der Waals surface area (Å²) in [5, 5.41) is 13.5. The zero-order valence-corrected chi connectivity index (χ0v) is 14.9. The molecule has 0 radical (unpaired) electrons. The van der Waals surface area contributed by atoms with Gasteiger partial charge in [0.2, 0.25) is 6.10 Å². The fourth-order valence-corrected chi connectivity index (χ4v) is 2.28. The van der Waals surface area contributed by atoms with E-state index in [9.17, 15) is 19.7 Å². The van der Waals surface area contributed by atoms with Gasteiger partial charge in [0.05, 0.1) is 10.8 Å². The van der Waals surface area contributed by atoms with Crippen LogP contribution in [0, 0.1) is 16.0 Å². The minimum Gasteiger partial charge on any atom is -0.447 e. The Bertz CT molecular complexity index is 824. The minimum absolute atomic E-state index is 0.0427. The molecule has 0 spiro atoms. The molecule has 2 aromatic rings. The molecule has 0 bridgehead atoms. The number of nitro benzene ring substituents is 1. The number of nitrogens with zero attached hydrogens (tertiary/aromatic N) is 1. The van der Waals surface area contributed by atoms with E-state index in [1.165, 1.54) is 12.1 Å². The SMILES string of the molecule is CC(C)C(=O)O[C@@H](C(=O)Nc1ccc(Cl)c([N+](=O)[O-])c1)c1ccccc1. The summed E-state index contributed by atoms with van der Waals surface area (Å²) < 4.78 is 5.32. The van der Waals surface area contributed by atoms with Gasteiger partial charge in [-0.1, -0.05) is 55.8 Å². The third-order valence-electron chi connectivity index (χ3n) is 3.46. The first kappa shape index (κ1) is 19.4. The van der Waals surface area contributed by atoms with Crippen molar-refractivity contribution in [3.63, 3.8) is 0 Å². The molecular formula is C18H17ClN2O5. The average Bonchev–Trinajstić information content (AvgIpc) is 2.61. The highest BCUT2D eigenvalue weighted by Crippen LogP contribution is 2.28. The van der Waals surface area contributed by atoms with E-state index in [4.69, 9.17) is 16.3 Å². The Morgan fingerprint density at radius 1 is 1.15 bits per heavy atom. The third-order valence-corrected chi connectivity index (χ3v) is 3.78. The monoisotopic (exact) mass is 376 g/mol. The Kier molecular flexibility index (Phi) is 6.30. The minimum atomic E-state index is -1.18. The summed E-state index contributed by atoms with van der Waals surface area (Å²) in [7, 11) is 0. The van der Waals surface area contributed by atoms with Gasteiger partial charge >= 0.3 is 5.97 Å². The van der Waals surface area contributed by atoms with Gasteiger partial charge in [0.1, 0.15) is 5.02 Å². The van der Waals surface area contributed by atoms with E-state index in [1.807, 2.05) is 0 Å². The van der Waals surface area contributed by atoms with Crippen LogP contribution in [-0.4, -0.2) is 16.8 Å². The number of hydrogen-bond acceptors (Lipinski definition) is 5. The van der Waals surface area contributed by atoms with E-state index in [0.29, 0.717) is 5.56 Å². The number of halogens is 1. The Morgan fingerprint density at radius 2 is 1.81 bits per heavy atom. The number of amides is 1. The third kappa shape index (κ3) is 4.80. The number of rotatable bonds is 6. The number of carbonyl (C=O) groups is 2. The largest absolute Gasteiger partial charge is 0.447 e. The Balaban J connectivity index is 2.28. The lowest BCUT2D eigenvalue weighted by Gasteiger charge is -2.19. The van der Waals surface area contributed by atoms with Gasteiger partial charge in [-0.25, -0.2) is 0 Å². The Labute approximate surface area is 155 Å². The summed E-state index contributed by atoms with van der Waals surface area (Å²) in [4.78, 5) is 34.9. The summed E-state index contributed by atoms with van der Waals surface area (Å²) >= 11 is 5.77. The first-order chi connectivity index (χ1) is 12.3. The molecule has 0 aliphatic heterocycles. The van der Waals surface area contributed by atoms with Gasteiger partial charge in [0, 0.05) is 17.3 Å². The first-order valence-electron chi connectivity index (χ1n) is 7.80. The number of benzene rings is 2. The van der Waals surface area contributed by atoms with Crippen molar-refractivity contribution in [2.24, 2.45) is 5.92 Å². The van der Waals surface area contributed by atoms with E-state index >= 15 is 0 Å². The molecule has 0 aromatic heterocycles. The molecule has 0 heterocycles. The van der Waals surface area contributed by atoms with E-state index in [-0.39, 0.29) is 16.4 Å². The van der Waals surface area contributed by atoms with E-state index < -0.39 is 28.8 Å². The number of esters is 1. The van der Waals surface area contributed by atoms with Crippen LogP contribution < -0.4 is 5.32 Å². The molecule has 1 N–H and O–H groups in total. The fourth-order valence-electron chi connectivity index (χ4n) is 2.09. The van der Waals surface area contributed by atoms with Gasteiger partial charge in [0.15, 0.2) is 0 Å². The van der Waals surface area contributed by atoms with Gasteiger partial charge in [-0.15, -0.1) is 0 Å². The summed E-state index contributed by atoms with van der Waals surface area (Å²) in [5.74, 6) is -1.57. The van der Waals surface area contributed by atoms with Crippen molar-refractivity contribution in [3.8, 4) is 0 Å². The second kappa shape index (κ2) is 8.44. The highest BCUT2D eigenvalue weighted by molar-refractivity contribution is 6.32. The number of ether oxygens (including phenoxy) is 1. The predicted octanol–water partition coefficient (Wildman–Crippen LogP) is 4.13. The second-order valence-corrected chi connectivity index (χ2v) is 6.20. The molecule has 2 aromatic carbocycles. The van der Waals surface area contributed by atoms with Crippen LogP contribution >= 0.6 is 11.6 Å². The zero-order chi connectivity index (χ0) is 19.3. The maximum absolute atomic E-state index is 12.6. The van der Waals surface area contributed by atoms with Crippen LogP contribution in [0.5, 0.6) is 0 Å². The van der Waals surface area contributed by atoms with Gasteiger partial charge < -0.3 is 10.1 Å². The molecule has 2 rings (SSSR count). The van der Waals surface area contributed by atoms with Crippen molar-refractivity contribution in [3.05, 3.63) is 69.2 Å². The number of anilines is 1. The standard InChI is InChI=1S/C18H17ClN2O5/c1-11(2)18(23)26-16(12-6-4-3-5-7-12)17(22)20-13-8-9-14(19)15(10-13)21(24)25/h3-11,16H,1-2H3,(H,20,22)/t16-/m1/s1. The first-order valence-corrected chi connectivity index (χ1v) is 8.17. The van der Waals surface area contributed by atoms with Crippen LogP contribution in [0.3, 0.4) is 0 Å². The van der Waals surface area contributed by atoms with E-state index in [2.05, 4.69) is 5.32 Å². The van der Waals surface area contributed by atoms with Crippen LogP contribution in [0.4, 0.5) is 11.4 Å². The van der Waals surface area contributed by atoms with Crippen molar-refractivity contribution in [2.45, 2.75) is 20.0 Å². The molecule has 26 heavy (non-hydrogen) atoms. The lowest BCUT2D eigenvalue weighted by Crippen LogP contribution is -2.27. The van der Waals surface area contributed by atoms with Gasteiger partial charge in [-0.3, -0.25) is 19.7 Å². The zero-order valence-electron chi connectivity index (χ0n) is 14.1. The molecule has 0 fully saturated rings. The topological polar surface area (TPSA) is 98.5 Å². The second-order valence-electron chi connectivity index (χ2n) is 5.79. The summed E-state index contributed by atoms with van der Waals surface area (Å²) in [6.45, 7) is 3.32. The molecule has 0 unspecified atom stereocenters. The fraction of sp³-hybridized carbons (Fsp3) is 0.222. The lowest BCUT2D eigenvalue weighted by molar-refractivity contribution is -0.384. The summed E-state index contributed by atoms with van der Waals surface area (Å²) in [6.07, 6.45) is -1.18. The molecule has 1 atom stereocenters. The molecule has 0 aliphatic carbocycles. The smallest absolute Gasteiger partial charge is 0.309 e. The van der Waals surface area contributed by atoms with Gasteiger partial charge in [0.25, 0.3) is 11.6 Å². The molecule has 0 aliphatic rings. The lowest BCUT2D eigenvalue weighted by atomic mass is 10.1. The maximum atomic E-state index is 12.6. The van der Waals surface area contributed by atoms with Crippen molar-refractivity contribution in [2.75, 3.05) is 5.32 Å². The quantitative estimate of drug-likeness (QED) is 0.464. The maximum Gasteiger partial charge on any atom is 0.309 e. The number of nitro groups is 1. The van der Waals surface area contributed by atoms with E-state index in [1.54, 1.807) is 44.2 Å². The van der Waals surface area contributed by atoms with Crippen molar-refractivity contribution < 1.29 is 19.2 Å². The van der Waals surface area contributed by atoms with Crippen molar-refractivity contribution in [1.82, 2.24) is 0 Å². The van der Waals surface area contributed by atoms with Crippen LogP contribution in [0.2, 0.25) is 5.02 Å². The normalized spacial score (nSPS) is 11.7. The van der Waals surface area contributed by atoms with Crippen LogP contribution in [0.15, 0.2) is 48.5 Å². The average molecular weight is 377 g/mol. The Morgan fingerprint density at radius 3 is 2.38 bits per heavy atom. The van der Waals surface area contributed by atoms with Gasteiger partial charge in [-0.05, 0) is 12.1 Å². The number of hydrogen-bond donors (Lipinski definition) is 1. The van der Waals surface area contributed by atoms with Crippen LogP contribution in [0.25, 0.3) is 0 Å². The van der Waals surface area contributed by atoms with Crippen LogP contribution in [0.1, 0.15) is 25.5 Å². The molecule has 0 saturated heterocycles. The van der Waals surface area contributed by atoms with Crippen molar-refractivity contribution >= 4 is 34.9 Å². The molecule has 1 amide bonds. The highest BCUT2D eigenvalue weighted by atomic mass is 35.5. The van der Waals surface area contributed by atoms with E-state index in [0.717, 1.165) is 6.07 Å². The number of nitrogens with one attached hydrogen (secondary N) is 1. The Hall–Kier alpha value is -2.93. The molecule has 0 saturated carbocycles. The molecule has 7 nitrogen and oxygen atoms in total. The van der Waals surface area contributed by atoms with Gasteiger partial charge in [-0.2, -0.15) is 0 Å². The number of carbonyl (C=O) groups excluding carboxylic acids is 2. The molecule has 136 valence electrons. The highest BCUT2D eigenvalue weighted by Gasteiger charge is 2.26. The van der Waals surface area contributed by atoms with Crippen LogP contribution in [-0.2, 0) is 14.3 Å². The van der Waals surface area contributed by atoms with Crippen molar-refractivity contribution in [1.29, 1.82) is 0 Å². The molecule has 8 heteroatoms. The molecular weight excluding hydrogens is 360 g/mol. The predicted molar refractivity (Wildman–Crippen MR) is 96.8 cm³/mol. The summed E-state index contributed by atoms with van der Waals surface area (Å²) in [5.41, 5.74) is 0.329.